The lowest BCUT2D eigenvalue weighted by atomic mass is 10.0. The number of carbonyl (C=O) groups excluding carboxylic acids is 1. The lowest BCUT2D eigenvalue weighted by molar-refractivity contribution is 0.0205. The molecule has 1 aromatic rings. The molecule has 1 aromatic heterocycles. The third-order valence-electron chi connectivity index (χ3n) is 3.46. The van der Waals surface area contributed by atoms with Crippen molar-refractivity contribution in [3.8, 4) is 0 Å². The second-order valence-corrected chi connectivity index (χ2v) is 6.86. The average Bonchev–Trinajstić information content (AvgIpc) is 2.93. The quantitative estimate of drug-likeness (QED) is 0.815. The highest BCUT2D eigenvalue weighted by molar-refractivity contribution is 7.89. The van der Waals surface area contributed by atoms with Crippen LogP contribution >= 0.6 is 0 Å². The summed E-state index contributed by atoms with van der Waals surface area (Å²) in [5, 5.41) is 7.81. The number of aromatic nitrogens is 1. The SMILES string of the molecule is Cn1cc(S(N)(=O)=O)cc1C(=O)NCC1(C)CCCO1. The summed E-state index contributed by atoms with van der Waals surface area (Å²) in [5.74, 6) is -0.348. The predicted molar refractivity (Wildman–Crippen MR) is 72.7 cm³/mol. The van der Waals surface area contributed by atoms with Gasteiger partial charge in [0.25, 0.3) is 5.91 Å². The second-order valence-electron chi connectivity index (χ2n) is 5.30. The molecule has 2 heterocycles. The van der Waals surface area contributed by atoms with Crippen molar-refractivity contribution in [2.24, 2.45) is 12.2 Å². The summed E-state index contributed by atoms with van der Waals surface area (Å²) in [6.07, 6.45) is 3.19. The largest absolute Gasteiger partial charge is 0.373 e. The molecule has 3 N–H and O–H groups in total. The predicted octanol–water partition coefficient (Wildman–Crippen LogP) is -0.0286. The summed E-state index contributed by atoms with van der Waals surface area (Å²) in [4.78, 5) is 12.0. The van der Waals surface area contributed by atoms with Crippen LogP contribution in [0.2, 0.25) is 0 Å². The number of nitrogens with one attached hydrogen (secondary N) is 1. The van der Waals surface area contributed by atoms with Crippen LogP contribution < -0.4 is 10.5 Å². The third kappa shape index (κ3) is 3.20. The minimum absolute atomic E-state index is 0.0755. The number of sulfonamides is 1. The van der Waals surface area contributed by atoms with Gasteiger partial charge in [-0.1, -0.05) is 0 Å². The molecule has 0 aromatic carbocycles. The van der Waals surface area contributed by atoms with Crippen LogP contribution in [-0.4, -0.2) is 37.6 Å². The van der Waals surface area contributed by atoms with E-state index in [2.05, 4.69) is 5.32 Å². The van der Waals surface area contributed by atoms with Crippen molar-refractivity contribution >= 4 is 15.9 Å². The van der Waals surface area contributed by atoms with Gasteiger partial charge >= 0.3 is 0 Å². The number of primary sulfonamides is 1. The number of ether oxygens (including phenoxy) is 1. The molecule has 1 aliphatic heterocycles. The van der Waals surface area contributed by atoms with Crippen molar-refractivity contribution in [2.45, 2.75) is 30.3 Å². The molecule has 20 heavy (non-hydrogen) atoms. The first-order valence-corrected chi connectivity index (χ1v) is 7.87. The molecule has 0 bridgehead atoms. The van der Waals surface area contributed by atoms with Crippen LogP contribution in [0.5, 0.6) is 0 Å². The molecule has 1 fully saturated rings. The van der Waals surface area contributed by atoms with Gasteiger partial charge in [-0.2, -0.15) is 0 Å². The van der Waals surface area contributed by atoms with Gasteiger partial charge < -0.3 is 14.6 Å². The van der Waals surface area contributed by atoms with Gasteiger partial charge in [0, 0.05) is 26.4 Å². The molecule has 7 nitrogen and oxygen atoms in total. The topological polar surface area (TPSA) is 103 Å². The Morgan fingerprint density at radius 1 is 1.60 bits per heavy atom. The van der Waals surface area contributed by atoms with Gasteiger partial charge in [-0.05, 0) is 25.8 Å². The fourth-order valence-electron chi connectivity index (χ4n) is 2.25. The molecule has 1 amide bonds. The lowest BCUT2D eigenvalue weighted by Crippen LogP contribution is -2.40. The Labute approximate surface area is 118 Å². The Morgan fingerprint density at radius 2 is 2.30 bits per heavy atom. The smallest absolute Gasteiger partial charge is 0.268 e. The summed E-state index contributed by atoms with van der Waals surface area (Å²) < 4.78 is 29.5. The lowest BCUT2D eigenvalue weighted by Gasteiger charge is -2.23. The molecule has 1 unspecified atom stereocenters. The van der Waals surface area contributed by atoms with Crippen LogP contribution in [0.4, 0.5) is 0 Å². The van der Waals surface area contributed by atoms with E-state index in [0.29, 0.717) is 13.2 Å². The van der Waals surface area contributed by atoms with E-state index >= 15 is 0 Å². The van der Waals surface area contributed by atoms with E-state index in [4.69, 9.17) is 9.88 Å². The molecular weight excluding hydrogens is 282 g/mol. The third-order valence-corrected chi connectivity index (χ3v) is 4.34. The van der Waals surface area contributed by atoms with Crippen LogP contribution in [0.1, 0.15) is 30.3 Å². The van der Waals surface area contributed by atoms with Crippen molar-refractivity contribution in [1.82, 2.24) is 9.88 Å². The van der Waals surface area contributed by atoms with Crippen LogP contribution in [-0.2, 0) is 21.8 Å². The van der Waals surface area contributed by atoms with Gasteiger partial charge in [-0.3, -0.25) is 4.79 Å². The van der Waals surface area contributed by atoms with Crippen LogP contribution in [0.15, 0.2) is 17.2 Å². The zero-order chi connectivity index (χ0) is 15.0. The number of hydrogen-bond acceptors (Lipinski definition) is 4. The van der Waals surface area contributed by atoms with E-state index in [1.165, 1.54) is 16.8 Å². The highest BCUT2D eigenvalue weighted by Crippen LogP contribution is 2.24. The highest BCUT2D eigenvalue weighted by Gasteiger charge is 2.30. The first kappa shape index (κ1) is 15.0. The number of nitrogens with two attached hydrogens (primary N) is 1. The fourth-order valence-corrected chi connectivity index (χ4v) is 2.83. The number of amides is 1. The van der Waals surface area contributed by atoms with Crippen molar-refractivity contribution in [3.05, 3.63) is 18.0 Å². The molecule has 1 saturated heterocycles. The Morgan fingerprint density at radius 3 is 2.80 bits per heavy atom. The maximum atomic E-state index is 12.1. The summed E-state index contributed by atoms with van der Waals surface area (Å²) in [6, 6.07) is 1.27. The monoisotopic (exact) mass is 301 g/mol. The van der Waals surface area contributed by atoms with Crippen LogP contribution in [0, 0.1) is 0 Å². The molecule has 8 heteroatoms. The first-order valence-electron chi connectivity index (χ1n) is 6.33. The fraction of sp³-hybridized carbons (Fsp3) is 0.583. The van der Waals surface area contributed by atoms with Gasteiger partial charge in [0.2, 0.25) is 10.0 Å². The first-order chi connectivity index (χ1) is 9.21. The van der Waals surface area contributed by atoms with E-state index in [-0.39, 0.29) is 22.1 Å². The number of rotatable bonds is 4. The number of aryl methyl sites for hydroxylation is 1. The standard InChI is InChI=1S/C12H19N3O4S/c1-12(4-3-5-19-12)8-14-11(16)10-6-9(7-15(10)2)20(13,17)18/h6-7H,3-5,8H2,1-2H3,(H,14,16)(H2,13,17,18). The van der Waals surface area contributed by atoms with E-state index in [0.717, 1.165) is 12.8 Å². The Balaban J connectivity index is 2.08. The number of carbonyl (C=O) groups is 1. The van der Waals surface area contributed by atoms with E-state index in [1.54, 1.807) is 7.05 Å². The Kier molecular flexibility index (Phi) is 3.90. The Bertz CT molecular complexity index is 615. The molecule has 0 radical (unpaired) electrons. The summed E-state index contributed by atoms with van der Waals surface area (Å²) >= 11 is 0. The maximum Gasteiger partial charge on any atom is 0.268 e. The normalized spacial score (nSPS) is 22.9. The van der Waals surface area contributed by atoms with Crippen molar-refractivity contribution in [2.75, 3.05) is 13.2 Å². The van der Waals surface area contributed by atoms with Crippen LogP contribution in [0.3, 0.4) is 0 Å². The Hall–Kier alpha value is -1.38. The van der Waals surface area contributed by atoms with Gasteiger partial charge in [0.15, 0.2) is 0 Å². The summed E-state index contributed by atoms with van der Waals surface area (Å²) in [7, 11) is -2.21. The van der Waals surface area contributed by atoms with Gasteiger partial charge in [-0.15, -0.1) is 0 Å². The molecule has 112 valence electrons. The van der Waals surface area contributed by atoms with Crippen molar-refractivity contribution < 1.29 is 17.9 Å². The number of nitrogens with zero attached hydrogens (tertiary/aromatic N) is 1. The molecule has 0 saturated carbocycles. The summed E-state index contributed by atoms with van der Waals surface area (Å²) in [5.41, 5.74) is -0.0977. The van der Waals surface area contributed by atoms with Gasteiger partial charge in [-0.25, -0.2) is 13.6 Å². The van der Waals surface area contributed by atoms with E-state index in [9.17, 15) is 13.2 Å². The molecule has 2 rings (SSSR count). The van der Waals surface area contributed by atoms with Gasteiger partial charge in [0.1, 0.15) is 10.6 Å². The zero-order valence-electron chi connectivity index (χ0n) is 11.5. The van der Waals surface area contributed by atoms with E-state index in [1.807, 2.05) is 6.92 Å². The molecule has 0 spiro atoms. The second kappa shape index (κ2) is 5.19. The minimum atomic E-state index is -3.81. The maximum absolute atomic E-state index is 12.1. The molecular formula is C12H19N3O4S. The average molecular weight is 301 g/mol. The zero-order valence-corrected chi connectivity index (χ0v) is 12.4. The van der Waals surface area contributed by atoms with Crippen LogP contribution in [0.25, 0.3) is 0 Å². The minimum Gasteiger partial charge on any atom is -0.373 e. The summed E-state index contributed by atoms with van der Waals surface area (Å²) in [6.45, 7) is 3.04. The van der Waals surface area contributed by atoms with Crippen molar-refractivity contribution in [1.29, 1.82) is 0 Å². The molecule has 0 aliphatic carbocycles. The molecule has 1 aliphatic rings. The highest BCUT2D eigenvalue weighted by atomic mass is 32.2. The van der Waals surface area contributed by atoms with Gasteiger partial charge in [0.05, 0.1) is 5.60 Å². The molecule has 1 atom stereocenters. The van der Waals surface area contributed by atoms with E-state index < -0.39 is 10.0 Å². The van der Waals surface area contributed by atoms with Crippen molar-refractivity contribution in [3.63, 3.8) is 0 Å². The number of hydrogen-bond donors (Lipinski definition) is 2.